The summed E-state index contributed by atoms with van der Waals surface area (Å²) < 4.78 is 0. The topological polar surface area (TPSA) is 78.4 Å². The molecule has 0 saturated carbocycles. The minimum absolute atomic E-state index is 0.153. The van der Waals surface area contributed by atoms with Crippen molar-refractivity contribution in [3.05, 3.63) is 42.0 Å². The maximum Gasteiger partial charge on any atom is 0.335 e. The van der Waals surface area contributed by atoms with Crippen molar-refractivity contribution < 1.29 is 14.7 Å². The fourth-order valence-corrected chi connectivity index (χ4v) is 2.18. The van der Waals surface area contributed by atoms with E-state index >= 15 is 0 Å². The highest BCUT2D eigenvalue weighted by Crippen LogP contribution is 2.17. The molecule has 1 aromatic rings. The Morgan fingerprint density at radius 1 is 1.30 bits per heavy atom. The second-order valence-corrected chi connectivity index (χ2v) is 4.87. The zero-order valence-electron chi connectivity index (χ0n) is 11.1. The summed E-state index contributed by atoms with van der Waals surface area (Å²) in [5, 5.41) is 14.3. The van der Waals surface area contributed by atoms with Gasteiger partial charge in [-0.3, -0.25) is 0 Å². The minimum atomic E-state index is -1.01. The van der Waals surface area contributed by atoms with Crippen LogP contribution in [0.1, 0.15) is 29.6 Å². The summed E-state index contributed by atoms with van der Waals surface area (Å²) in [6.45, 7) is 0.634. The van der Waals surface area contributed by atoms with E-state index in [4.69, 9.17) is 5.11 Å². The van der Waals surface area contributed by atoms with Crippen molar-refractivity contribution in [2.75, 3.05) is 11.9 Å². The summed E-state index contributed by atoms with van der Waals surface area (Å²) in [6, 6.07) is 5.88. The summed E-state index contributed by atoms with van der Waals surface area (Å²) in [4.78, 5) is 22.6. The number of amides is 2. The number of carbonyl (C=O) groups excluding carboxylic acids is 1. The van der Waals surface area contributed by atoms with Gasteiger partial charge in [0.2, 0.25) is 0 Å². The van der Waals surface area contributed by atoms with Gasteiger partial charge in [-0.15, -0.1) is 0 Å². The van der Waals surface area contributed by atoms with Gasteiger partial charge in [-0.05, 0) is 43.4 Å². The van der Waals surface area contributed by atoms with Gasteiger partial charge in [-0.2, -0.15) is 0 Å². The van der Waals surface area contributed by atoms with Crippen LogP contribution in [0.3, 0.4) is 0 Å². The molecule has 0 radical (unpaired) electrons. The van der Waals surface area contributed by atoms with Gasteiger partial charge in [-0.1, -0.05) is 18.2 Å². The summed E-state index contributed by atoms with van der Waals surface area (Å²) >= 11 is 0. The number of carboxylic acid groups (broad SMARTS) is 1. The second kappa shape index (κ2) is 6.75. The maximum atomic E-state index is 11.7. The molecular weight excluding hydrogens is 256 g/mol. The molecule has 106 valence electrons. The lowest BCUT2D eigenvalue weighted by molar-refractivity contribution is 0.0697. The third-order valence-corrected chi connectivity index (χ3v) is 3.30. The number of benzene rings is 1. The number of aromatic carboxylic acids is 1. The lowest BCUT2D eigenvalue weighted by Gasteiger charge is -2.18. The Kier molecular flexibility index (Phi) is 4.76. The van der Waals surface area contributed by atoms with Crippen LogP contribution < -0.4 is 10.6 Å². The molecule has 0 fully saturated rings. The van der Waals surface area contributed by atoms with Crippen LogP contribution in [0.15, 0.2) is 36.4 Å². The molecule has 0 bridgehead atoms. The Morgan fingerprint density at radius 2 is 2.15 bits per heavy atom. The fourth-order valence-electron chi connectivity index (χ4n) is 2.18. The summed E-state index contributed by atoms with van der Waals surface area (Å²) in [5.74, 6) is -0.529. The number of carbonyl (C=O) groups is 2. The van der Waals surface area contributed by atoms with Gasteiger partial charge in [0.1, 0.15) is 0 Å². The molecule has 5 heteroatoms. The monoisotopic (exact) mass is 274 g/mol. The predicted octanol–water partition coefficient (Wildman–Crippen LogP) is 2.86. The molecule has 2 amide bonds. The first-order chi connectivity index (χ1) is 9.65. The zero-order valence-corrected chi connectivity index (χ0v) is 11.1. The van der Waals surface area contributed by atoms with E-state index in [1.807, 2.05) is 0 Å². The first-order valence-electron chi connectivity index (χ1n) is 6.68. The molecule has 0 aromatic heterocycles. The smallest absolute Gasteiger partial charge is 0.335 e. The summed E-state index contributed by atoms with van der Waals surface area (Å²) in [5.41, 5.74) is 0.631. The molecule has 1 aromatic carbocycles. The van der Waals surface area contributed by atoms with Gasteiger partial charge in [0.25, 0.3) is 0 Å². The fraction of sp³-hybridized carbons (Fsp3) is 0.333. The van der Waals surface area contributed by atoms with E-state index in [-0.39, 0.29) is 11.6 Å². The highest BCUT2D eigenvalue weighted by molar-refractivity contribution is 5.93. The van der Waals surface area contributed by atoms with Crippen LogP contribution >= 0.6 is 0 Å². The molecule has 0 aliphatic heterocycles. The summed E-state index contributed by atoms with van der Waals surface area (Å²) in [7, 11) is 0. The van der Waals surface area contributed by atoms with Crippen molar-refractivity contribution >= 4 is 17.7 Å². The van der Waals surface area contributed by atoms with Gasteiger partial charge in [-0.25, -0.2) is 9.59 Å². The van der Waals surface area contributed by atoms with Crippen LogP contribution in [-0.4, -0.2) is 23.7 Å². The molecule has 1 atom stereocenters. The second-order valence-electron chi connectivity index (χ2n) is 4.87. The number of hydrogen-bond acceptors (Lipinski definition) is 2. The van der Waals surface area contributed by atoms with Gasteiger partial charge in [0.15, 0.2) is 0 Å². The van der Waals surface area contributed by atoms with Crippen LogP contribution in [-0.2, 0) is 0 Å². The highest BCUT2D eigenvalue weighted by Gasteiger charge is 2.11. The number of urea groups is 1. The molecule has 1 aliphatic carbocycles. The molecular formula is C15H18N2O3. The maximum absolute atomic E-state index is 11.7. The van der Waals surface area contributed by atoms with Crippen LogP contribution in [0, 0.1) is 5.92 Å². The average Bonchev–Trinajstić information content (AvgIpc) is 2.46. The molecule has 3 N–H and O–H groups in total. The number of anilines is 1. The molecule has 1 unspecified atom stereocenters. The highest BCUT2D eigenvalue weighted by atomic mass is 16.4. The van der Waals surface area contributed by atoms with Crippen molar-refractivity contribution in [2.24, 2.45) is 5.92 Å². The standard InChI is InChI=1S/C15H18N2O3/c18-14(19)12-7-4-8-13(9-12)17-15(20)16-10-11-5-2-1-3-6-11/h1-2,4,7-9,11H,3,5-6,10H2,(H,18,19)(H2,16,17,20). The quantitative estimate of drug-likeness (QED) is 0.739. The van der Waals surface area contributed by atoms with Crippen molar-refractivity contribution in [1.82, 2.24) is 5.32 Å². The normalized spacial score (nSPS) is 17.5. The van der Waals surface area contributed by atoms with Crippen molar-refractivity contribution in [3.8, 4) is 0 Å². The van der Waals surface area contributed by atoms with Crippen LogP contribution in [0.4, 0.5) is 10.5 Å². The van der Waals surface area contributed by atoms with Gasteiger partial charge in [0.05, 0.1) is 5.56 Å². The van der Waals surface area contributed by atoms with Crippen molar-refractivity contribution in [1.29, 1.82) is 0 Å². The van der Waals surface area contributed by atoms with E-state index in [1.165, 1.54) is 12.1 Å². The average molecular weight is 274 g/mol. The number of nitrogens with one attached hydrogen (secondary N) is 2. The molecule has 0 heterocycles. The van der Waals surface area contributed by atoms with E-state index in [0.717, 1.165) is 19.3 Å². The molecule has 0 spiro atoms. The minimum Gasteiger partial charge on any atom is -0.478 e. The predicted molar refractivity (Wildman–Crippen MR) is 76.9 cm³/mol. The van der Waals surface area contributed by atoms with Crippen molar-refractivity contribution in [3.63, 3.8) is 0 Å². The van der Waals surface area contributed by atoms with Gasteiger partial charge >= 0.3 is 12.0 Å². The van der Waals surface area contributed by atoms with E-state index in [2.05, 4.69) is 22.8 Å². The molecule has 1 aliphatic rings. The number of allylic oxidation sites excluding steroid dienone is 2. The molecule has 5 nitrogen and oxygen atoms in total. The number of rotatable bonds is 4. The van der Waals surface area contributed by atoms with E-state index in [9.17, 15) is 9.59 Å². The SMILES string of the molecule is O=C(NCC1CC=CCC1)Nc1cccc(C(=O)O)c1. The van der Waals surface area contributed by atoms with Crippen LogP contribution in [0.2, 0.25) is 0 Å². The zero-order chi connectivity index (χ0) is 14.4. The lowest BCUT2D eigenvalue weighted by Crippen LogP contribution is -2.33. The largest absolute Gasteiger partial charge is 0.478 e. The Morgan fingerprint density at radius 3 is 2.85 bits per heavy atom. The molecule has 20 heavy (non-hydrogen) atoms. The first kappa shape index (κ1) is 14.1. The van der Waals surface area contributed by atoms with Crippen LogP contribution in [0.25, 0.3) is 0 Å². The number of carboxylic acids is 1. The lowest BCUT2D eigenvalue weighted by atomic mass is 9.94. The number of hydrogen-bond donors (Lipinski definition) is 3. The van der Waals surface area contributed by atoms with Gasteiger partial charge in [0, 0.05) is 12.2 Å². The Hall–Kier alpha value is -2.30. The Balaban J connectivity index is 1.83. The van der Waals surface area contributed by atoms with E-state index < -0.39 is 5.97 Å². The Bertz CT molecular complexity index is 526. The van der Waals surface area contributed by atoms with Crippen molar-refractivity contribution in [2.45, 2.75) is 19.3 Å². The first-order valence-corrected chi connectivity index (χ1v) is 6.68. The van der Waals surface area contributed by atoms with E-state index in [1.54, 1.807) is 12.1 Å². The van der Waals surface area contributed by atoms with Gasteiger partial charge < -0.3 is 15.7 Å². The third-order valence-electron chi connectivity index (χ3n) is 3.30. The molecule has 2 rings (SSSR count). The third kappa shape index (κ3) is 4.12. The molecule has 0 saturated heterocycles. The Labute approximate surface area is 117 Å². The van der Waals surface area contributed by atoms with Crippen LogP contribution in [0.5, 0.6) is 0 Å². The van der Waals surface area contributed by atoms with E-state index in [0.29, 0.717) is 18.2 Å². The summed E-state index contributed by atoms with van der Waals surface area (Å²) in [6.07, 6.45) is 7.45.